The van der Waals surface area contributed by atoms with Gasteiger partial charge in [0.25, 0.3) is 0 Å². The summed E-state index contributed by atoms with van der Waals surface area (Å²) >= 11 is 0. The Bertz CT molecular complexity index is 394. The molecule has 2 saturated carbocycles. The number of fused-ring (bicyclic) bond motifs is 2. The normalized spacial score (nSPS) is 35.4. The first-order valence-electron chi connectivity index (χ1n) is 6.97. The summed E-state index contributed by atoms with van der Waals surface area (Å²) in [6, 6.07) is 9.04. The molecule has 2 aliphatic rings. The van der Waals surface area contributed by atoms with Crippen LogP contribution in [0.1, 0.15) is 36.8 Å². The lowest BCUT2D eigenvalue weighted by Crippen LogP contribution is -2.37. The molecule has 2 N–H and O–H groups in total. The minimum atomic E-state index is 0.429. The van der Waals surface area contributed by atoms with Gasteiger partial charge >= 0.3 is 0 Å². The summed E-state index contributed by atoms with van der Waals surface area (Å²) in [5, 5.41) is 0. The number of rotatable bonds is 3. The molecule has 2 aliphatic carbocycles. The second-order valence-corrected chi connectivity index (χ2v) is 6.31. The topological polar surface area (TPSA) is 26.0 Å². The van der Waals surface area contributed by atoms with E-state index in [-0.39, 0.29) is 0 Å². The van der Waals surface area contributed by atoms with Gasteiger partial charge in [-0.2, -0.15) is 0 Å². The number of hydrogen-bond acceptors (Lipinski definition) is 1. The van der Waals surface area contributed by atoms with Crippen molar-refractivity contribution in [2.75, 3.05) is 6.54 Å². The van der Waals surface area contributed by atoms with E-state index in [0.717, 1.165) is 18.4 Å². The van der Waals surface area contributed by atoms with Crippen LogP contribution in [0.15, 0.2) is 24.3 Å². The summed E-state index contributed by atoms with van der Waals surface area (Å²) in [5.41, 5.74) is 9.39. The maximum atomic E-state index is 6.13. The summed E-state index contributed by atoms with van der Waals surface area (Å²) in [5.74, 6) is 1.88. The Morgan fingerprint density at radius 1 is 1.24 bits per heavy atom. The molecule has 3 atom stereocenters. The first kappa shape index (κ1) is 11.3. The second kappa shape index (κ2) is 4.13. The molecule has 0 heterocycles. The van der Waals surface area contributed by atoms with Crippen LogP contribution in [0.3, 0.4) is 0 Å². The van der Waals surface area contributed by atoms with Crippen LogP contribution in [0.2, 0.25) is 0 Å². The molecule has 1 nitrogen and oxygen atoms in total. The fourth-order valence-electron chi connectivity index (χ4n) is 4.21. The van der Waals surface area contributed by atoms with Crippen molar-refractivity contribution in [3.8, 4) is 0 Å². The first-order chi connectivity index (χ1) is 8.22. The standard InChI is InChI=1S/C16H23N/c1-12-2-4-13(5-3-12)9-16(11-17)10-14-6-7-15(16)8-14/h2-5,14-15H,6-11,17H2,1H3. The van der Waals surface area contributed by atoms with Gasteiger partial charge in [0.2, 0.25) is 0 Å². The molecule has 3 rings (SSSR count). The molecular formula is C16H23N. The molecule has 0 aromatic heterocycles. The van der Waals surface area contributed by atoms with Crippen molar-refractivity contribution in [1.29, 1.82) is 0 Å². The van der Waals surface area contributed by atoms with E-state index in [1.165, 1.54) is 43.2 Å². The highest BCUT2D eigenvalue weighted by Crippen LogP contribution is 2.56. The highest BCUT2D eigenvalue weighted by molar-refractivity contribution is 5.23. The van der Waals surface area contributed by atoms with Gasteiger partial charge in [-0.3, -0.25) is 0 Å². The van der Waals surface area contributed by atoms with E-state index in [9.17, 15) is 0 Å². The number of benzene rings is 1. The van der Waals surface area contributed by atoms with E-state index < -0.39 is 0 Å². The summed E-state index contributed by atoms with van der Waals surface area (Å²) in [6.07, 6.45) is 6.91. The van der Waals surface area contributed by atoms with Crippen molar-refractivity contribution in [1.82, 2.24) is 0 Å². The first-order valence-corrected chi connectivity index (χ1v) is 6.97. The Morgan fingerprint density at radius 2 is 2.00 bits per heavy atom. The molecule has 0 radical (unpaired) electrons. The Balaban J connectivity index is 1.80. The van der Waals surface area contributed by atoms with Crippen LogP contribution in [0.5, 0.6) is 0 Å². The SMILES string of the molecule is Cc1ccc(CC2(CN)CC3CCC2C3)cc1. The minimum Gasteiger partial charge on any atom is -0.330 e. The van der Waals surface area contributed by atoms with Crippen LogP contribution >= 0.6 is 0 Å². The van der Waals surface area contributed by atoms with E-state index in [4.69, 9.17) is 5.73 Å². The van der Waals surface area contributed by atoms with Crippen LogP contribution in [0.4, 0.5) is 0 Å². The van der Waals surface area contributed by atoms with E-state index in [1.807, 2.05) is 0 Å². The van der Waals surface area contributed by atoms with E-state index in [1.54, 1.807) is 0 Å². The molecule has 2 fully saturated rings. The van der Waals surface area contributed by atoms with Crippen LogP contribution in [-0.2, 0) is 6.42 Å². The maximum absolute atomic E-state index is 6.13. The van der Waals surface area contributed by atoms with E-state index >= 15 is 0 Å². The van der Waals surface area contributed by atoms with Gasteiger partial charge in [0.1, 0.15) is 0 Å². The summed E-state index contributed by atoms with van der Waals surface area (Å²) in [4.78, 5) is 0. The van der Waals surface area contributed by atoms with Gasteiger partial charge in [0.15, 0.2) is 0 Å². The molecule has 0 saturated heterocycles. The molecule has 1 heteroatoms. The third-order valence-electron chi connectivity index (χ3n) is 5.19. The van der Waals surface area contributed by atoms with Crippen molar-refractivity contribution in [2.24, 2.45) is 23.0 Å². The molecule has 2 bridgehead atoms. The zero-order valence-corrected chi connectivity index (χ0v) is 10.8. The molecule has 0 aliphatic heterocycles. The van der Waals surface area contributed by atoms with E-state index in [2.05, 4.69) is 31.2 Å². The Hall–Kier alpha value is -0.820. The lowest BCUT2D eigenvalue weighted by molar-refractivity contribution is 0.171. The van der Waals surface area contributed by atoms with Gasteiger partial charge < -0.3 is 5.73 Å². The largest absolute Gasteiger partial charge is 0.330 e. The van der Waals surface area contributed by atoms with Crippen LogP contribution < -0.4 is 5.73 Å². The fraction of sp³-hybridized carbons (Fsp3) is 0.625. The van der Waals surface area contributed by atoms with Gasteiger partial charge in [-0.1, -0.05) is 36.2 Å². The van der Waals surface area contributed by atoms with Gasteiger partial charge in [-0.05, 0) is 62.0 Å². The second-order valence-electron chi connectivity index (χ2n) is 6.31. The highest BCUT2D eigenvalue weighted by atomic mass is 14.7. The monoisotopic (exact) mass is 229 g/mol. The summed E-state index contributed by atoms with van der Waals surface area (Å²) in [7, 11) is 0. The van der Waals surface area contributed by atoms with Gasteiger partial charge in [-0.25, -0.2) is 0 Å². The van der Waals surface area contributed by atoms with Crippen molar-refractivity contribution in [2.45, 2.75) is 39.0 Å². The molecule has 0 amide bonds. The maximum Gasteiger partial charge on any atom is -0.00146 e. The average Bonchev–Trinajstić information content (AvgIpc) is 2.93. The van der Waals surface area contributed by atoms with Gasteiger partial charge in [0.05, 0.1) is 0 Å². The zero-order chi connectivity index (χ0) is 11.9. The molecule has 3 unspecified atom stereocenters. The molecule has 1 aromatic rings. The quantitative estimate of drug-likeness (QED) is 0.845. The summed E-state index contributed by atoms with van der Waals surface area (Å²) in [6.45, 7) is 3.03. The Kier molecular flexibility index (Phi) is 2.74. The molecule has 0 spiro atoms. The fourth-order valence-corrected chi connectivity index (χ4v) is 4.21. The third kappa shape index (κ3) is 1.91. The average molecular weight is 229 g/mol. The van der Waals surface area contributed by atoms with Crippen LogP contribution in [0.25, 0.3) is 0 Å². The Morgan fingerprint density at radius 3 is 2.53 bits per heavy atom. The van der Waals surface area contributed by atoms with Crippen molar-refractivity contribution in [3.63, 3.8) is 0 Å². The number of aryl methyl sites for hydroxylation is 1. The molecule has 1 aromatic carbocycles. The van der Waals surface area contributed by atoms with Gasteiger partial charge in [-0.15, -0.1) is 0 Å². The predicted octanol–water partition coefficient (Wildman–Crippen LogP) is 3.30. The third-order valence-corrected chi connectivity index (χ3v) is 5.19. The number of hydrogen-bond donors (Lipinski definition) is 1. The zero-order valence-electron chi connectivity index (χ0n) is 10.8. The Labute approximate surface area is 104 Å². The highest BCUT2D eigenvalue weighted by Gasteiger charge is 2.49. The number of nitrogens with two attached hydrogens (primary N) is 1. The van der Waals surface area contributed by atoms with Crippen LogP contribution in [0, 0.1) is 24.2 Å². The molecular weight excluding hydrogens is 206 g/mol. The molecule has 17 heavy (non-hydrogen) atoms. The van der Waals surface area contributed by atoms with E-state index in [0.29, 0.717) is 5.41 Å². The smallest absolute Gasteiger partial charge is 0.00146 e. The lowest BCUT2D eigenvalue weighted by atomic mass is 9.69. The van der Waals surface area contributed by atoms with Crippen LogP contribution in [-0.4, -0.2) is 6.54 Å². The van der Waals surface area contributed by atoms with Gasteiger partial charge in [0, 0.05) is 0 Å². The minimum absolute atomic E-state index is 0.429. The van der Waals surface area contributed by atoms with Crippen molar-refractivity contribution in [3.05, 3.63) is 35.4 Å². The van der Waals surface area contributed by atoms with Crippen molar-refractivity contribution >= 4 is 0 Å². The molecule has 92 valence electrons. The lowest BCUT2D eigenvalue weighted by Gasteiger charge is -2.37. The predicted molar refractivity (Wildman–Crippen MR) is 71.8 cm³/mol. The summed E-state index contributed by atoms with van der Waals surface area (Å²) < 4.78 is 0. The van der Waals surface area contributed by atoms with Crippen molar-refractivity contribution < 1.29 is 0 Å².